The van der Waals surface area contributed by atoms with E-state index in [2.05, 4.69) is 10.2 Å². The molecule has 0 fully saturated rings. The second-order valence-corrected chi connectivity index (χ2v) is 3.77. The Morgan fingerprint density at radius 1 is 1.33 bits per heavy atom. The molecule has 0 aromatic carbocycles. The molecule has 0 spiro atoms. The second kappa shape index (κ2) is 3.94. The first-order valence-corrected chi connectivity index (χ1v) is 5.00. The molecule has 6 heteroatoms. The van der Waals surface area contributed by atoms with Gasteiger partial charge in [0, 0.05) is 6.20 Å². The topological polar surface area (TPSA) is 61.7 Å². The molecule has 5 nitrogen and oxygen atoms in total. The average molecular weight is 226 g/mol. The van der Waals surface area contributed by atoms with Crippen molar-refractivity contribution in [2.45, 2.75) is 20.0 Å². The van der Waals surface area contributed by atoms with Gasteiger partial charge in [-0.1, -0.05) is 11.6 Å². The van der Waals surface area contributed by atoms with Crippen LogP contribution in [-0.2, 0) is 13.1 Å². The lowest BCUT2D eigenvalue weighted by Crippen LogP contribution is -2.10. The normalized spacial score (nSPS) is 10.8. The summed E-state index contributed by atoms with van der Waals surface area (Å²) in [6.45, 7) is 3.41. The molecule has 0 atom stereocenters. The van der Waals surface area contributed by atoms with Gasteiger partial charge in [-0.25, -0.2) is 0 Å². The van der Waals surface area contributed by atoms with Gasteiger partial charge in [0.1, 0.15) is 0 Å². The molecule has 0 saturated heterocycles. The average Bonchev–Trinajstić information content (AvgIpc) is 2.74. The summed E-state index contributed by atoms with van der Waals surface area (Å²) in [5, 5.41) is 8.88. The Bertz CT molecular complexity index is 459. The van der Waals surface area contributed by atoms with Crippen LogP contribution in [0.5, 0.6) is 0 Å². The van der Waals surface area contributed by atoms with E-state index >= 15 is 0 Å². The highest BCUT2D eigenvalue weighted by atomic mass is 35.5. The van der Waals surface area contributed by atoms with E-state index in [4.69, 9.17) is 17.3 Å². The first-order chi connectivity index (χ1) is 7.16. The fourth-order valence-corrected chi connectivity index (χ4v) is 1.50. The first kappa shape index (κ1) is 10.0. The largest absolute Gasteiger partial charge is 0.396 e. The van der Waals surface area contributed by atoms with Crippen molar-refractivity contribution in [3.63, 3.8) is 0 Å². The van der Waals surface area contributed by atoms with Crippen LogP contribution in [0.4, 0.5) is 5.69 Å². The van der Waals surface area contributed by atoms with Crippen LogP contribution in [0.2, 0.25) is 5.02 Å². The zero-order chi connectivity index (χ0) is 10.8. The maximum Gasteiger partial charge on any atom is 0.0785 e. The highest BCUT2D eigenvalue weighted by molar-refractivity contribution is 6.30. The summed E-state index contributed by atoms with van der Waals surface area (Å²) >= 11 is 5.75. The van der Waals surface area contributed by atoms with Crippen LogP contribution >= 0.6 is 11.6 Å². The van der Waals surface area contributed by atoms with Crippen LogP contribution in [0.1, 0.15) is 5.69 Å². The van der Waals surface area contributed by atoms with Gasteiger partial charge in [-0.2, -0.15) is 10.2 Å². The number of nitrogen functional groups attached to an aromatic ring is 1. The fraction of sp³-hybridized carbons (Fsp3) is 0.333. The van der Waals surface area contributed by atoms with Crippen LogP contribution in [0.15, 0.2) is 18.6 Å². The van der Waals surface area contributed by atoms with Crippen molar-refractivity contribution < 1.29 is 0 Å². The van der Waals surface area contributed by atoms with E-state index in [9.17, 15) is 0 Å². The van der Waals surface area contributed by atoms with Crippen molar-refractivity contribution in [2.24, 2.45) is 0 Å². The first-order valence-electron chi connectivity index (χ1n) is 4.62. The molecule has 0 amide bonds. The quantitative estimate of drug-likeness (QED) is 0.857. The number of nitrogens with zero attached hydrogens (tertiary/aromatic N) is 4. The highest BCUT2D eigenvalue weighted by Gasteiger charge is 2.03. The molecule has 80 valence electrons. The highest BCUT2D eigenvalue weighted by Crippen LogP contribution is 2.09. The molecule has 2 N–H and O–H groups in total. The van der Waals surface area contributed by atoms with Crippen LogP contribution in [-0.4, -0.2) is 19.6 Å². The molecular formula is C9H12ClN5. The third kappa shape index (κ3) is 2.12. The predicted octanol–water partition coefficient (Wildman–Crippen LogP) is 1.32. The van der Waals surface area contributed by atoms with Crippen LogP contribution in [0, 0.1) is 6.92 Å². The van der Waals surface area contributed by atoms with E-state index in [-0.39, 0.29) is 0 Å². The lowest BCUT2D eigenvalue weighted by Gasteiger charge is -2.04. The summed E-state index contributed by atoms with van der Waals surface area (Å²) in [5.41, 5.74) is 7.38. The summed E-state index contributed by atoms with van der Waals surface area (Å²) in [7, 11) is 0. The molecule has 2 aromatic heterocycles. The minimum absolute atomic E-state index is 0.645. The van der Waals surface area contributed by atoms with E-state index in [1.165, 1.54) is 0 Å². The molecule has 2 heterocycles. The summed E-state index contributed by atoms with van der Waals surface area (Å²) in [6, 6.07) is 0. The van der Waals surface area contributed by atoms with Crippen molar-refractivity contribution in [3.8, 4) is 0 Å². The third-order valence-corrected chi connectivity index (χ3v) is 2.48. The van der Waals surface area contributed by atoms with E-state index < -0.39 is 0 Å². The summed E-state index contributed by atoms with van der Waals surface area (Å²) in [6.07, 6.45) is 5.06. The molecule has 0 bridgehead atoms. The van der Waals surface area contributed by atoms with Gasteiger partial charge in [0.15, 0.2) is 0 Å². The Kier molecular flexibility index (Phi) is 2.64. The number of anilines is 1. The van der Waals surface area contributed by atoms with Gasteiger partial charge in [0.25, 0.3) is 0 Å². The maximum atomic E-state index is 5.75. The number of halogens is 1. The number of aromatic nitrogens is 4. The fourth-order valence-electron chi connectivity index (χ4n) is 1.34. The van der Waals surface area contributed by atoms with Gasteiger partial charge in [-0.15, -0.1) is 0 Å². The second-order valence-electron chi connectivity index (χ2n) is 3.33. The lowest BCUT2D eigenvalue weighted by molar-refractivity contribution is 0.493. The Morgan fingerprint density at radius 3 is 2.67 bits per heavy atom. The monoisotopic (exact) mass is 225 g/mol. The van der Waals surface area contributed by atoms with Gasteiger partial charge in [0.2, 0.25) is 0 Å². The lowest BCUT2D eigenvalue weighted by atomic mass is 10.4. The smallest absolute Gasteiger partial charge is 0.0785 e. The van der Waals surface area contributed by atoms with E-state index in [0.717, 1.165) is 18.8 Å². The van der Waals surface area contributed by atoms with Crippen LogP contribution in [0.3, 0.4) is 0 Å². The third-order valence-electron chi connectivity index (χ3n) is 2.28. The summed E-state index contributed by atoms with van der Waals surface area (Å²) in [4.78, 5) is 0. The van der Waals surface area contributed by atoms with Gasteiger partial charge in [0.05, 0.1) is 41.9 Å². The van der Waals surface area contributed by atoms with Gasteiger partial charge >= 0.3 is 0 Å². The molecule has 0 aliphatic heterocycles. The molecular weight excluding hydrogens is 214 g/mol. The van der Waals surface area contributed by atoms with Gasteiger partial charge in [-0.05, 0) is 6.92 Å². The molecule has 0 radical (unpaired) electrons. The molecule has 2 rings (SSSR count). The van der Waals surface area contributed by atoms with Gasteiger partial charge < -0.3 is 5.73 Å². The number of aryl methyl sites for hydroxylation is 2. The number of rotatable bonds is 3. The minimum Gasteiger partial charge on any atom is -0.396 e. The van der Waals surface area contributed by atoms with Crippen molar-refractivity contribution in [3.05, 3.63) is 29.3 Å². The molecule has 0 aliphatic carbocycles. The van der Waals surface area contributed by atoms with E-state index in [1.807, 2.05) is 11.6 Å². The minimum atomic E-state index is 0.645. The Balaban J connectivity index is 2.02. The molecule has 15 heavy (non-hydrogen) atoms. The number of hydrogen-bond acceptors (Lipinski definition) is 3. The van der Waals surface area contributed by atoms with Crippen molar-refractivity contribution >= 4 is 17.3 Å². The summed E-state index contributed by atoms with van der Waals surface area (Å²) in [5.74, 6) is 0. The Morgan fingerprint density at radius 2 is 2.13 bits per heavy atom. The van der Waals surface area contributed by atoms with Crippen molar-refractivity contribution in [1.82, 2.24) is 19.6 Å². The molecule has 0 unspecified atom stereocenters. The standard InChI is InChI=1S/C9H12ClN5/c1-7-9(11)5-13-15(7)3-2-14-6-8(10)4-12-14/h4-6H,2-3,11H2,1H3. The van der Waals surface area contributed by atoms with Crippen molar-refractivity contribution in [1.29, 1.82) is 0 Å². The van der Waals surface area contributed by atoms with Crippen LogP contribution in [0.25, 0.3) is 0 Å². The predicted molar refractivity (Wildman–Crippen MR) is 58.6 cm³/mol. The zero-order valence-corrected chi connectivity index (χ0v) is 9.15. The maximum absolute atomic E-state index is 5.75. The van der Waals surface area contributed by atoms with E-state index in [0.29, 0.717) is 10.7 Å². The molecule has 0 saturated carbocycles. The Hall–Kier alpha value is -1.49. The Labute approximate surface area is 92.4 Å². The zero-order valence-electron chi connectivity index (χ0n) is 8.39. The van der Waals surface area contributed by atoms with Crippen molar-refractivity contribution in [2.75, 3.05) is 5.73 Å². The van der Waals surface area contributed by atoms with E-state index in [1.54, 1.807) is 23.3 Å². The van der Waals surface area contributed by atoms with Crippen LogP contribution < -0.4 is 5.73 Å². The van der Waals surface area contributed by atoms with Gasteiger partial charge in [-0.3, -0.25) is 9.36 Å². The molecule has 2 aromatic rings. The summed E-state index contributed by atoms with van der Waals surface area (Å²) < 4.78 is 3.63. The SMILES string of the molecule is Cc1c(N)cnn1CCn1cc(Cl)cn1. The number of nitrogens with two attached hydrogens (primary N) is 1. The molecule has 0 aliphatic rings. The number of hydrogen-bond donors (Lipinski definition) is 1.